The van der Waals surface area contributed by atoms with E-state index >= 15 is 8.78 Å². The Bertz CT molecular complexity index is 1990. The van der Waals surface area contributed by atoms with Gasteiger partial charge in [0.1, 0.15) is 23.1 Å². The van der Waals surface area contributed by atoms with E-state index in [1.807, 2.05) is 37.8 Å². The van der Waals surface area contributed by atoms with Crippen molar-refractivity contribution in [2.75, 3.05) is 49.1 Å². The molecule has 3 aliphatic heterocycles. The van der Waals surface area contributed by atoms with Crippen LogP contribution in [0.5, 0.6) is 0 Å². The van der Waals surface area contributed by atoms with E-state index < -0.39 is 17.3 Å². The van der Waals surface area contributed by atoms with E-state index in [2.05, 4.69) is 21.8 Å². The zero-order valence-electron chi connectivity index (χ0n) is 28.3. The summed E-state index contributed by atoms with van der Waals surface area (Å²) in [5, 5.41) is 3.78. The average molecular weight is 669 g/mol. The zero-order valence-corrected chi connectivity index (χ0v) is 28.3. The van der Waals surface area contributed by atoms with Gasteiger partial charge in [0, 0.05) is 50.0 Å². The fourth-order valence-corrected chi connectivity index (χ4v) is 7.75. The lowest BCUT2D eigenvalue weighted by atomic mass is 9.96. The van der Waals surface area contributed by atoms with Crippen LogP contribution in [-0.4, -0.2) is 81.7 Å². The molecule has 0 radical (unpaired) electrons. The standard InChI is InChI=1S/C37H42F2N8O2/c1-5-30(48)44-18-19-45(23(4)21-44)35-26-20-28(39)33-31-24(8-6-10-27(31)38)9-7-17-46(25-11-14-40-15-12-25)29-13-16-41-32(22(2)3)34(29)47(36(26)42-33)37(49)43-35/h5-6,8,10,13,16,20,22-23,25,40H,1,7,9,11-12,14-15,17-19,21H2,2-4H3/t23-/m0/s1. The van der Waals surface area contributed by atoms with Gasteiger partial charge in [0.25, 0.3) is 0 Å². The first kappa shape index (κ1) is 32.8. The number of piperazine rings is 1. The molecule has 10 nitrogen and oxygen atoms in total. The molecule has 1 atom stereocenters. The van der Waals surface area contributed by atoms with Gasteiger partial charge in [-0.15, -0.1) is 0 Å². The number of pyridine rings is 2. The molecule has 2 saturated heterocycles. The van der Waals surface area contributed by atoms with Crippen LogP contribution in [0.4, 0.5) is 20.3 Å². The van der Waals surface area contributed by atoms with E-state index in [1.165, 1.54) is 22.8 Å². The Labute approximate surface area is 284 Å². The highest BCUT2D eigenvalue weighted by atomic mass is 19.1. The van der Waals surface area contributed by atoms with Gasteiger partial charge in [-0.1, -0.05) is 32.6 Å². The Morgan fingerprint density at radius 1 is 1.06 bits per heavy atom. The number of fused-ring (bicyclic) bond motifs is 5. The Morgan fingerprint density at radius 3 is 2.59 bits per heavy atom. The number of aromatic nitrogens is 4. The molecule has 4 aromatic rings. The third-order valence-corrected chi connectivity index (χ3v) is 10.1. The van der Waals surface area contributed by atoms with Crippen molar-refractivity contribution in [3.63, 3.8) is 0 Å². The van der Waals surface area contributed by atoms with Crippen molar-refractivity contribution in [3.05, 3.63) is 82.6 Å². The third kappa shape index (κ3) is 5.85. The molecular formula is C37H42F2N8O2. The first-order valence-electron chi connectivity index (χ1n) is 17.2. The summed E-state index contributed by atoms with van der Waals surface area (Å²) in [6, 6.07) is 8.04. The Morgan fingerprint density at radius 2 is 1.86 bits per heavy atom. The summed E-state index contributed by atoms with van der Waals surface area (Å²) < 4.78 is 33.7. The molecule has 7 rings (SSSR count). The van der Waals surface area contributed by atoms with Crippen LogP contribution in [0.25, 0.3) is 28.0 Å². The van der Waals surface area contributed by atoms with Crippen molar-refractivity contribution < 1.29 is 13.6 Å². The summed E-state index contributed by atoms with van der Waals surface area (Å²) in [5.41, 5.74) is 2.32. The zero-order chi connectivity index (χ0) is 34.4. The number of benzene rings is 1. The molecule has 49 heavy (non-hydrogen) atoms. The highest BCUT2D eigenvalue weighted by Crippen LogP contribution is 2.39. The molecule has 0 saturated carbocycles. The van der Waals surface area contributed by atoms with E-state index in [-0.39, 0.29) is 46.6 Å². The van der Waals surface area contributed by atoms with Gasteiger partial charge < -0.3 is 20.0 Å². The van der Waals surface area contributed by atoms with E-state index in [0.717, 1.165) is 31.6 Å². The summed E-state index contributed by atoms with van der Waals surface area (Å²) in [5.74, 6) is -1.25. The Kier molecular flexibility index (Phi) is 8.91. The Balaban J connectivity index is 1.55. The lowest BCUT2D eigenvalue weighted by molar-refractivity contribution is -0.126. The fraction of sp³-hybridized carbons (Fsp3) is 0.432. The number of nitrogens with zero attached hydrogens (tertiary/aromatic N) is 7. The largest absolute Gasteiger partial charge is 0.367 e. The fourth-order valence-electron chi connectivity index (χ4n) is 7.75. The first-order valence-corrected chi connectivity index (χ1v) is 17.2. The van der Waals surface area contributed by atoms with Crippen LogP contribution in [0.1, 0.15) is 57.2 Å². The van der Waals surface area contributed by atoms with E-state index in [9.17, 15) is 9.59 Å². The predicted octanol–water partition coefficient (Wildman–Crippen LogP) is 4.97. The molecule has 1 N–H and O–H groups in total. The Hall–Kier alpha value is -4.71. The lowest BCUT2D eigenvalue weighted by Crippen LogP contribution is -2.54. The average Bonchev–Trinajstić information content (AvgIpc) is 3.09. The van der Waals surface area contributed by atoms with Crippen LogP contribution in [0.15, 0.2) is 54.0 Å². The summed E-state index contributed by atoms with van der Waals surface area (Å²) in [4.78, 5) is 47.3. The van der Waals surface area contributed by atoms with Gasteiger partial charge >= 0.3 is 5.69 Å². The van der Waals surface area contributed by atoms with Gasteiger partial charge in [-0.05, 0) is 81.5 Å². The van der Waals surface area contributed by atoms with E-state index in [1.54, 1.807) is 17.2 Å². The summed E-state index contributed by atoms with van der Waals surface area (Å²) in [7, 11) is 0. The van der Waals surface area contributed by atoms with Crippen molar-refractivity contribution in [2.24, 2.45) is 0 Å². The molecule has 3 aromatic heterocycles. The molecule has 0 spiro atoms. The van der Waals surface area contributed by atoms with E-state index in [4.69, 9.17) is 9.97 Å². The number of rotatable bonds is 4. The van der Waals surface area contributed by atoms with Crippen LogP contribution in [-0.2, 0) is 11.2 Å². The molecular weight excluding hydrogens is 626 g/mol. The smallest absolute Gasteiger partial charge is 0.355 e. The van der Waals surface area contributed by atoms with Gasteiger partial charge in [-0.3, -0.25) is 9.78 Å². The SMILES string of the molecule is C=CC(=O)N1CCN(c2nc(=O)n3c4nc(c(F)cc24)-c2c(F)cccc2CCCN(C2CCNCC2)c2ccnc(C(C)C)c2-3)[C@@H](C)C1. The number of nitrogens with one attached hydrogen (secondary N) is 1. The number of anilines is 2. The third-order valence-electron chi connectivity index (χ3n) is 10.1. The van der Waals surface area contributed by atoms with Crippen LogP contribution < -0.4 is 20.8 Å². The molecule has 256 valence electrons. The molecule has 6 heterocycles. The first-order chi connectivity index (χ1) is 23.7. The second kappa shape index (κ2) is 13.3. The molecule has 1 aromatic carbocycles. The molecule has 2 fully saturated rings. The number of halogens is 2. The number of amides is 1. The second-order valence-corrected chi connectivity index (χ2v) is 13.5. The number of piperidine rings is 1. The van der Waals surface area contributed by atoms with Crippen molar-refractivity contribution >= 4 is 28.4 Å². The number of hydrogen-bond donors (Lipinski definition) is 1. The maximum absolute atomic E-state index is 16.5. The van der Waals surface area contributed by atoms with Gasteiger partial charge in [0.05, 0.1) is 22.5 Å². The predicted molar refractivity (Wildman–Crippen MR) is 188 cm³/mol. The monoisotopic (exact) mass is 668 g/mol. The molecule has 1 amide bonds. The molecule has 2 bridgehead atoms. The highest BCUT2D eigenvalue weighted by molar-refractivity contribution is 5.92. The number of carbonyl (C=O) groups is 1. The summed E-state index contributed by atoms with van der Waals surface area (Å²) >= 11 is 0. The van der Waals surface area contributed by atoms with Crippen LogP contribution >= 0.6 is 0 Å². The number of aryl methyl sites for hydroxylation is 1. The van der Waals surface area contributed by atoms with E-state index in [0.29, 0.717) is 61.4 Å². The quantitative estimate of drug-likeness (QED) is 0.305. The van der Waals surface area contributed by atoms with Gasteiger partial charge in [0.15, 0.2) is 5.65 Å². The topological polar surface area (TPSA) is 99.5 Å². The maximum atomic E-state index is 16.5. The molecule has 0 aliphatic carbocycles. The highest BCUT2D eigenvalue weighted by Gasteiger charge is 2.33. The van der Waals surface area contributed by atoms with Crippen molar-refractivity contribution in [1.82, 2.24) is 29.7 Å². The summed E-state index contributed by atoms with van der Waals surface area (Å²) in [6.45, 7) is 13.1. The minimum Gasteiger partial charge on any atom is -0.367 e. The molecule has 12 heteroatoms. The molecule has 3 aliphatic rings. The minimum atomic E-state index is -0.705. The van der Waals surface area contributed by atoms with Crippen molar-refractivity contribution in [1.29, 1.82) is 0 Å². The minimum absolute atomic E-state index is 0.0760. The van der Waals surface area contributed by atoms with Gasteiger partial charge in [-0.2, -0.15) is 4.98 Å². The van der Waals surface area contributed by atoms with Crippen molar-refractivity contribution in [3.8, 4) is 16.9 Å². The van der Waals surface area contributed by atoms with Crippen LogP contribution in [0.3, 0.4) is 0 Å². The summed E-state index contributed by atoms with van der Waals surface area (Å²) in [6.07, 6.45) is 6.11. The van der Waals surface area contributed by atoms with Crippen LogP contribution in [0, 0.1) is 11.6 Å². The van der Waals surface area contributed by atoms with Crippen LogP contribution in [0.2, 0.25) is 0 Å². The lowest BCUT2D eigenvalue weighted by Gasteiger charge is -2.40. The number of carbonyl (C=O) groups excluding carboxylic acids is 1. The van der Waals surface area contributed by atoms with Gasteiger partial charge in [-0.25, -0.2) is 23.1 Å². The normalized spacial score (nSPS) is 18.7. The molecule has 0 unspecified atom stereocenters. The maximum Gasteiger partial charge on any atom is 0.355 e. The van der Waals surface area contributed by atoms with Gasteiger partial charge in [0.2, 0.25) is 5.91 Å². The number of hydrogen-bond acceptors (Lipinski definition) is 8. The second-order valence-electron chi connectivity index (χ2n) is 13.5. The van der Waals surface area contributed by atoms with Crippen molar-refractivity contribution in [2.45, 2.75) is 64.5 Å².